The Morgan fingerprint density at radius 2 is 1.60 bits per heavy atom. The number of hydrogen-bond donors (Lipinski definition) is 2. The third-order valence-corrected chi connectivity index (χ3v) is 5.18. The predicted molar refractivity (Wildman–Crippen MR) is 71.6 cm³/mol. The van der Waals surface area contributed by atoms with Gasteiger partial charge in [0.15, 0.2) is 9.84 Å². The average Bonchev–Trinajstić information content (AvgIpc) is 2.35. The second-order valence-corrected chi connectivity index (χ2v) is 7.89. The monoisotopic (exact) mass is 321 g/mol. The standard InChI is InChI=1S/C11H15NO6S2/c1-3-10(11(13)14)12-20(17,18)9-6-4-8(5-7-9)19(2,15)16/h4-7,10,12H,3H2,1-2H3,(H,13,14)/t10-/m0/s1. The fraction of sp³-hybridized carbons (Fsp3) is 0.364. The van der Waals surface area contributed by atoms with E-state index >= 15 is 0 Å². The first-order valence-electron chi connectivity index (χ1n) is 5.63. The Bertz CT molecular complexity index is 691. The van der Waals surface area contributed by atoms with E-state index in [2.05, 4.69) is 0 Å². The Balaban J connectivity index is 3.08. The van der Waals surface area contributed by atoms with Crippen LogP contribution in [-0.2, 0) is 24.7 Å². The molecule has 0 amide bonds. The van der Waals surface area contributed by atoms with E-state index < -0.39 is 31.9 Å². The lowest BCUT2D eigenvalue weighted by Gasteiger charge is -2.12. The van der Waals surface area contributed by atoms with Crippen LogP contribution in [0.1, 0.15) is 13.3 Å². The van der Waals surface area contributed by atoms with Crippen molar-refractivity contribution < 1.29 is 26.7 Å². The number of aliphatic carboxylic acids is 1. The molecule has 0 unspecified atom stereocenters. The Labute approximate surface area is 117 Å². The van der Waals surface area contributed by atoms with Gasteiger partial charge in [0.05, 0.1) is 9.79 Å². The number of benzene rings is 1. The van der Waals surface area contributed by atoms with Gasteiger partial charge in [0.2, 0.25) is 10.0 Å². The molecular formula is C11H15NO6S2. The maximum atomic E-state index is 11.9. The van der Waals surface area contributed by atoms with Gasteiger partial charge in [-0.25, -0.2) is 16.8 Å². The van der Waals surface area contributed by atoms with Gasteiger partial charge in [-0.1, -0.05) is 6.92 Å². The molecule has 112 valence electrons. The summed E-state index contributed by atoms with van der Waals surface area (Å²) in [5, 5.41) is 8.83. The number of nitrogens with one attached hydrogen (secondary N) is 1. The molecule has 0 saturated carbocycles. The highest BCUT2D eigenvalue weighted by Gasteiger charge is 2.24. The van der Waals surface area contributed by atoms with Crippen LogP contribution in [0.15, 0.2) is 34.1 Å². The van der Waals surface area contributed by atoms with Crippen LogP contribution in [0.25, 0.3) is 0 Å². The van der Waals surface area contributed by atoms with Crippen molar-refractivity contribution in [3.8, 4) is 0 Å². The minimum absolute atomic E-state index is 0.0123. The summed E-state index contributed by atoms with van der Waals surface area (Å²) in [5.41, 5.74) is 0. The van der Waals surface area contributed by atoms with Crippen molar-refractivity contribution >= 4 is 25.8 Å². The molecule has 1 aromatic rings. The Kier molecular flexibility index (Phi) is 4.90. The molecule has 1 aromatic carbocycles. The fourth-order valence-electron chi connectivity index (χ4n) is 1.43. The molecule has 0 aliphatic rings. The zero-order chi connectivity index (χ0) is 15.6. The van der Waals surface area contributed by atoms with Gasteiger partial charge in [0.25, 0.3) is 0 Å². The van der Waals surface area contributed by atoms with Gasteiger partial charge in [-0.15, -0.1) is 0 Å². The van der Waals surface area contributed by atoms with Crippen LogP contribution < -0.4 is 4.72 Å². The molecule has 20 heavy (non-hydrogen) atoms. The van der Waals surface area contributed by atoms with Gasteiger partial charge in [-0.05, 0) is 30.7 Å². The van der Waals surface area contributed by atoms with E-state index in [9.17, 15) is 21.6 Å². The molecule has 0 aliphatic carbocycles. The van der Waals surface area contributed by atoms with Crippen LogP contribution in [0.4, 0.5) is 0 Å². The zero-order valence-corrected chi connectivity index (χ0v) is 12.5. The quantitative estimate of drug-likeness (QED) is 0.774. The Morgan fingerprint density at radius 1 is 1.15 bits per heavy atom. The lowest BCUT2D eigenvalue weighted by Crippen LogP contribution is -2.40. The molecule has 0 aliphatic heterocycles. The van der Waals surface area contributed by atoms with Crippen molar-refractivity contribution in [2.45, 2.75) is 29.2 Å². The molecule has 1 rings (SSSR count). The van der Waals surface area contributed by atoms with Crippen molar-refractivity contribution in [3.63, 3.8) is 0 Å². The van der Waals surface area contributed by atoms with Crippen molar-refractivity contribution in [3.05, 3.63) is 24.3 Å². The number of hydrogen-bond acceptors (Lipinski definition) is 5. The fourth-order valence-corrected chi connectivity index (χ4v) is 3.33. The molecule has 0 heterocycles. The van der Waals surface area contributed by atoms with Crippen LogP contribution in [0.3, 0.4) is 0 Å². The molecule has 0 fully saturated rings. The third kappa shape index (κ3) is 4.02. The number of sulfone groups is 1. The second-order valence-electron chi connectivity index (χ2n) is 4.16. The van der Waals surface area contributed by atoms with E-state index in [1.54, 1.807) is 0 Å². The van der Waals surface area contributed by atoms with Gasteiger partial charge in [0.1, 0.15) is 6.04 Å². The highest BCUT2D eigenvalue weighted by atomic mass is 32.2. The normalized spacial score (nSPS) is 13.9. The lowest BCUT2D eigenvalue weighted by atomic mass is 10.2. The predicted octanol–water partition coefficient (Wildman–Crippen LogP) is 0.232. The second kappa shape index (κ2) is 5.90. The summed E-state index contributed by atoms with van der Waals surface area (Å²) >= 11 is 0. The number of carboxylic acids is 1. The van der Waals surface area contributed by atoms with Crippen molar-refractivity contribution in [1.29, 1.82) is 0 Å². The van der Waals surface area contributed by atoms with Gasteiger partial charge >= 0.3 is 5.97 Å². The first-order valence-corrected chi connectivity index (χ1v) is 9.00. The highest BCUT2D eigenvalue weighted by molar-refractivity contribution is 7.90. The summed E-state index contributed by atoms with van der Waals surface area (Å²) in [5.74, 6) is -1.27. The van der Waals surface area contributed by atoms with Crippen molar-refractivity contribution in [1.82, 2.24) is 4.72 Å². The number of carboxylic acid groups (broad SMARTS) is 1. The number of rotatable bonds is 6. The molecule has 7 nitrogen and oxygen atoms in total. The Morgan fingerprint density at radius 3 is 1.95 bits per heavy atom. The molecule has 9 heteroatoms. The van der Waals surface area contributed by atoms with Crippen LogP contribution in [0.2, 0.25) is 0 Å². The minimum Gasteiger partial charge on any atom is -0.480 e. The number of carbonyl (C=O) groups is 1. The number of sulfonamides is 1. The Hall–Kier alpha value is -1.45. The lowest BCUT2D eigenvalue weighted by molar-refractivity contribution is -0.139. The van der Waals surface area contributed by atoms with Gasteiger partial charge in [-0.2, -0.15) is 4.72 Å². The van der Waals surface area contributed by atoms with E-state index in [-0.39, 0.29) is 16.2 Å². The molecular weight excluding hydrogens is 306 g/mol. The van der Waals surface area contributed by atoms with Crippen LogP contribution in [0, 0.1) is 0 Å². The summed E-state index contributed by atoms with van der Waals surface area (Å²) < 4.78 is 48.5. The van der Waals surface area contributed by atoms with Gasteiger partial charge in [-0.3, -0.25) is 4.79 Å². The maximum absolute atomic E-state index is 11.9. The van der Waals surface area contributed by atoms with Gasteiger partial charge in [0, 0.05) is 6.26 Å². The molecule has 0 aromatic heterocycles. The minimum atomic E-state index is -4.00. The zero-order valence-electron chi connectivity index (χ0n) is 10.9. The van der Waals surface area contributed by atoms with E-state index in [4.69, 9.17) is 5.11 Å². The SMILES string of the molecule is CC[C@H](NS(=O)(=O)c1ccc(S(C)(=O)=O)cc1)C(=O)O. The summed E-state index contributed by atoms with van der Waals surface area (Å²) in [6.45, 7) is 1.54. The smallest absolute Gasteiger partial charge is 0.321 e. The summed E-state index contributed by atoms with van der Waals surface area (Å²) in [7, 11) is -7.42. The van der Waals surface area contributed by atoms with E-state index in [1.807, 2.05) is 4.72 Å². The van der Waals surface area contributed by atoms with Crippen molar-refractivity contribution in [2.24, 2.45) is 0 Å². The largest absolute Gasteiger partial charge is 0.480 e. The maximum Gasteiger partial charge on any atom is 0.321 e. The summed E-state index contributed by atoms with van der Waals surface area (Å²) in [4.78, 5) is 10.6. The van der Waals surface area contributed by atoms with Crippen molar-refractivity contribution in [2.75, 3.05) is 6.26 Å². The van der Waals surface area contributed by atoms with Crippen LogP contribution in [-0.4, -0.2) is 40.2 Å². The summed E-state index contributed by atoms with van der Waals surface area (Å²) in [6, 6.07) is 3.33. The topological polar surface area (TPSA) is 118 Å². The molecule has 1 atom stereocenters. The first-order chi connectivity index (χ1) is 9.08. The molecule has 0 radical (unpaired) electrons. The molecule has 0 saturated heterocycles. The van der Waals surface area contributed by atoms with Crippen LogP contribution in [0.5, 0.6) is 0 Å². The van der Waals surface area contributed by atoms with E-state index in [0.29, 0.717) is 0 Å². The molecule has 0 spiro atoms. The summed E-state index contributed by atoms with van der Waals surface area (Å²) in [6.07, 6.45) is 1.10. The first kappa shape index (κ1) is 16.6. The average molecular weight is 321 g/mol. The molecule has 2 N–H and O–H groups in total. The van der Waals surface area contributed by atoms with Gasteiger partial charge < -0.3 is 5.11 Å². The van der Waals surface area contributed by atoms with E-state index in [1.165, 1.54) is 6.92 Å². The third-order valence-electron chi connectivity index (χ3n) is 2.57. The van der Waals surface area contributed by atoms with Crippen LogP contribution >= 0.6 is 0 Å². The molecule has 0 bridgehead atoms. The van der Waals surface area contributed by atoms with E-state index in [0.717, 1.165) is 30.5 Å². The highest BCUT2D eigenvalue weighted by Crippen LogP contribution is 2.15.